The molecule has 0 saturated heterocycles. The summed E-state index contributed by atoms with van der Waals surface area (Å²) < 4.78 is 15.0. The molecule has 2 aliphatic rings. The first kappa shape index (κ1) is 54.2. The number of aliphatic hydroxyl groups excluding tert-OH is 1. The lowest BCUT2D eigenvalue weighted by Crippen LogP contribution is -2.30. The van der Waals surface area contributed by atoms with Crippen molar-refractivity contribution in [2.45, 2.75) is 45.5 Å². The van der Waals surface area contributed by atoms with Gasteiger partial charge in [0.15, 0.2) is 0 Å². The monoisotopic (exact) mass is 898 g/mol. The van der Waals surface area contributed by atoms with Gasteiger partial charge in [0.05, 0.1) is 0 Å². The fourth-order valence-corrected chi connectivity index (χ4v) is 7.10. The maximum absolute atomic E-state index is 12.0. The van der Waals surface area contributed by atoms with Gasteiger partial charge in [0.1, 0.15) is 25.2 Å². The Morgan fingerprint density at radius 3 is 1.30 bits per heavy atom. The van der Waals surface area contributed by atoms with Crippen molar-refractivity contribution in [3.63, 3.8) is 0 Å². The summed E-state index contributed by atoms with van der Waals surface area (Å²) in [6.45, 7) is 6.70. The summed E-state index contributed by atoms with van der Waals surface area (Å²) in [5.74, 6) is 1.70. The average molecular weight is 899 g/mol. The number of hydrogen-bond donors (Lipinski definition) is 5. The van der Waals surface area contributed by atoms with Crippen LogP contribution in [0, 0.1) is 5.92 Å². The predicted octanol–water partition coefficient (Wildman–Crippen LogP) is 10.1. The van der Waals surface area contributed by atoms with Gasteiger partial charge in [-0.3, -0.25) is 4.79 Å². The number of aliphatic hydroxyl groups is 1. The van der Waals surface area contributed by atoms with E-state index >= 15 is 0 Å². The fourth-order valence-electron chi connectivity index (χ4n) is 6.24. The van der Waals surface area contributed by atoms with E-state index in [1.165, 1.54) is 39.8 Å². The van der Waals surface area contributed by atoms with E-state index in [2.05, 4.69) is 90.3 Å². The third kappa shape index (κ3) is 18.0. The van der Waals surface area contributed by atoms with Gasteiger partial charge in [-0.15, -0.1) is 11.8 Å². The van der Waals surface area contributed by atoms with Crippen LogP contribution in [0.5, 0.6) is 0 Å². The van der Waals surface area contributed by atoms with Gasteiger partial charge < -0.3 is 40.2 Å². The summed E-state index contributed by atoms with van der Waals surface area (Å²) in [4.78, 5) is 43.7. The molecule has 334 valence electrons. The molecule has 0 bridgehead atoms. The number of fused-ring (bicyclic) bond motifs is 6. The summed E-state index contributed by atoms with van der Waals surface area (Å²) >= 11 is 4.99. The second-order valence-corrected chi connectivity index (χ2v) is 16.3. The van der Waals surface area contributed by atoms with Crippen LogP contribution in [0.2, 0.25) is 0 Å². The number of rotatable bonds is 13. The zero-order valence-electron chi connectivity index (χ0n) is 35.2. The van der Waals surface area contributed by atoms with E-state index in [1.807, 2.05) is 60.3 Å². The van der Waals surface area contributed by atoms with Crippen LogP contribution in [0.15, 0.2) is 97.1 Å². The van der Waals surface area contributed by atoms with E-state index in [1.54, 1.807) is 24.9 Å². The minimum absolute atomic E-state index is 0. The van der Waals surface area contributed by atoms with Gasteiger partial charge in [0, 0.05) is 25.5 Å². The van der Waals surface area contributed by atoms with Gasteiger partial charge in [-0.05, 0) is 87.6 Å². The maximum atomic E-state index is 12.0. The zero-order valence-corrected chi connectivity index (χ0v) is 37.7. The summed E-state index contributed by atoms with van der Waals surface area (Å²) in [7, 11) is 1.00. The van der Waals surface area contributed by atoms with Crippen LogP contribution >= 0.6 is 35.3 Å². The number of carboxylic acids is 1. The van der Waals surface area contributed by atoms with Crippen molar-refractivity contribution in [3.8, 4) is 22.3 Å². The second kappa shape index (κ2) is 30.2. The lowest BCUT2D eigenvalue weighted by Gasteiger charge is -2.15. The molecule has 0 aliphatic heterocycles. The highest BCUT2D eigenvalue weighted by Gasteiger charge is 2.30. The van der Waals surface area contributed by atoms with E-state index in [9.17, 15) is 19.2 Å². The molecule has 0 radical (unpaired) electrons. The fraction of sp³-hybridized carbons (Fsp3) is 0.391. The maximum Gasteiger partial charge on any atom is 0.506 e. The third-order valence-corrected chi connectivity index (χ3v) is 11.2. The molecule has 2 aliphatic carbocycles. The van der Waals surface area contributed by atoms with Gasteiger partial charge in [-0.2, -0.15) is 23.5 Å². The topological polar surface area (TPSA) is 181 Å². The van der Waals surface area contributed by atoms with Gasteiger partial charge in [0.2, 0.25) is 0 Å². The minimum atomic E-state index is -1.22. The second-order valence-electron chi connectivity index (χ2n) is 13.1. The Hall–Kier alpha value is -4.83. The van der Waals surface area contributed by atoms with Crippen LogP contribution in [0.1, 0.15) is 62.3 Å². The van der Waals surface area contributed by atoms with Crippen LogP contribution in [0.3, 0.4) is 0 Å². The highest BCUT2D eigenvalue weighted by molar-refractivity contribution is 7.99. The van der Waals surface area contributed by atoms with Crippen molar-refractivity contribution in [3.05, 3.63) is 119 Å². The van der Waals surface area contributed by atoms with Crippen LogP contribution in [0.4, 0.5) is 14.4 Å². The van der Waals surface area contributed by atoms with Gasteiger partial charge >= 0.3 is 24.3 Å². The first-order valence-corrected chi connectivity index (χ1v) is 23.3. The highest BCUT2D eigenvalue weighted by atomic mass is 32.2. The van der Waals surface area contributed by atoms with Crippen LogP contribution in [-0.2, 0) is 19.0 Å². The molecule has 0 spiro atoms. The number of ether oxygens (including phenoxy) is 3. The van der Waals surface area contributed by atoms with E-state index in [4.69, 9.17) is 24.8 Å². The third-order valence-electron chi connectivity index (χ3n) is 9.00. The highest BCUT2D eigenvalue weighted by Crippen LogP contribution is 2.45. The number of nitrogens with one attached hydrogen (secondary N) is 2. The number of carboxylic acid groups (broad SMARTS) is 2. The normalized spacial score (nSPS) is 12.2. The number of aliphatic carboxylic acids is 1. The summed E-state index contributed by atoms with van der Waals surface area (Å²) in [6.07, 6.45) is 3.69. The zero-order chi connectivity index (χ0) is 44.5. The molecule has 0 fully saturated rings. The first-order chi connectivity index (χ1) is 28.9. The molecular weight excluding hydrogens is 837 g/mol. The number of carbonyl (C=O) groups is 4. The molecule has 61 heavy (non-hydrogen) atoms. The van der Waals surface area contributed by atoms with E-state index < -0.39 is 24.8 Å². The molecular formula is C46H62N2O10S3. The van der Waals surface area contributed by atoms with Crippen molar-refractivity contribution in [1.82, 2.24) is 10.6 Å². The standard InChI is InChI=1S/C20H23NO2S.C17H15NO4.C4H8O3S.C3H8S.CH4O.CH4/c1-14(13-24-2)11-21-20(22)23-12-19-17-9-5-3-7-15(17)16-8-4-6-10-18(16)19;19-16(20)9-18-17(21)22-10-15-13-7-3-1-5-11(13)12-6-2-4-8-14(12)15;1-3(8-2)7-4(5)6;1-3-4-2;1-2;/h3-10,14,19H,11-13H2,1-2H3,(H,21,22);1-8,15H,9-10H2,(H,18,21)(H,19,20);3H,1-2H3,(H,5,6);3H2,1-2H3;2H,1H3;1H4. The van der Waals surface area contributed by atoms with E-state index in [0.29, 0.717) is 19.1 Å². The number of hydrogen-bond acceptors (Lipinski definition) is 11. The number of thioether (sulfide) groups is 3. The average Bonchev–Trinajstić information content (AvgIpc) is 3.76. The molecule has 0 saturated carbocycles. The molecule has 4 aromatic rings. The lowest BCUT2D eigenvalue weighted by atomic mass is 9.98. The Kier molecular flexibility index (Phi) is 26.9. The van der Waals surface area contributed by atoms with Crippen molar-refractivity contribution < 1.29 is 48.7 Å². The number of benzene rings is 4. The molecule has 0 aromatic heterocycles. The van der Waals surface area contributed by atoms with Crippen molar-refractivity contribution in [1.29, 1.82) is 0 Å². The molecule has 0 heterocycles. The first-order valence-electron chi connectivity index (χ1n) is 19.2. The van der Waals surface area contributed by atoms with Gasteiger partial charge in [0.25, 0.3) is 0 Å². The molecule has 5 N–H and O–H groups in total. The summed E-state index contributed by atoms with van der Waals surface area (Å²) in [5, 5.41) is 28.6. The Labute approximate surface area is 373 Å². The minimum Gasteiger partial charge on any atom is -0.480 e. The molecule has 6 rings (SSSR count). The summed E-state index contributed by atoms with van der Waals surface area (Å²) in [5.41, 5.74) is 9.25. The lowest BCUT2D eigenvalue weighted by molar-refractivity contribution is -0.135. The van der Waals surface area contributed by atoms with Gasteiger partial charge in [-0.1, -0.05) is 118 Å². The molecule has 2 amide bonds. The van der Waals surface area contributed by atoms with Crippen molar-refractivity contribution in [2.75, 3.05) is 63.7 Å². The number of alkyl carbamates (subject to hydrolysis) is 2. The summed E-state index contributed by atoms with van der Waals surface area (Å²) in [6, 6.07) is 32.8. The van der Waals surface area contributed by atoms with Crippen LogP contribution in [-0.4, -0.2) is 109 Å². The smallest absolute Gasteiger partial charge is 0.480 e. The molecule has 12 nitrogen and oxygen atoms in total. The molecule has 2 atom stereocenters. The molecule has 4 aromatic carbocycles. The molecule has 2 unspecified atom stereocenters. The Balaban J connectivity index is 0.000000464. The Morgan fingerprint density at radius 2 is 1.00 bits per heavy atom. The number of carbonyl (C=O) groups excluding carboxylic acids is 2. The van der Waals surface area contributed by atoms with Gasteiger partial charge in [-0.25, -0.2) is 14.4 Å². The Bertz CT molecular complexity index is 1840. The molecule has 15 heteroatoms. The largest absolute Gasteiger partial charge is 0.506 e. The van der Waals surface area contributed by atoms with Crippen LogP contribution < -0.4 is 10.6 Å². The van der Waals surface area contributed by atoms with Crippen molar-refractivity contribution in [2.24, 2.45) is 5.92 Å². The van der Waals surface area contributed by atoms with E-state index in [0.717, 1.165) is 35.1 Å². The Morgan fingerprint density at radius 1 is 0.639 bits per heavy atom. The predicted molar refractivity (Wildman–Crippen MR) is 252 cm³/mol. The SMILES string of the molecule is C.CCSC.CO.CSC(C)OC(=O)O.CSCC(C)CNC(=O)OCC1c2ccccc2-c2ccccc21.O=C(O)CNC(=O)OCC1c2ccccc2-c2ccccc21. The quantitative estimate of drug-likeness (QED) is 0.0486. The van der Waals surface area contributed by atoms with Crippen molar-refractivity contribution >= 4 is 59.6 Å². The van der Waals surface area contributed by atoms with E-state index in [-0.39, 0.29) is 37.4 Å². The number of amides is 2. The van der Waals surface area contributed by atoms with Crippen LogP contribution in [0.25, 0.3) is 22.3 Å².